The number of hydrogen-bond donors (Lipinski definition) is 1. The fourth-order valence-corrected chi connectivity index (χ4v) is 2.59. The molecule has 104 valence electrons. The van der Waals surface area contributed by atoms with Crippen LogP contribution in [0.4, 0.5) is 13.6 Å². The van der Waals surface area contributed by atoms with Crippen molar-refractivity contribution in [2.75, 3.05) is 13.1 Å². The Bertz CT molecular complexity index is 488. The van der Waals surface area contributed by atoms with E-state index in [1.807, 2.05) is 0 Å². The lowest BCUT2D eigenvalue weighted by molar-refractivity contribution is 0.124. The minimum Gasteiger partial charge on any atom is -0.465 e. The molecule has 19 heavy (non-hydrogen) atoms. The van der Waals surface area contributed by atoms with Crippen LogP contribution in [-0.2, 0) is 6.42 Å². The van der Waals surface area contributed by atoms with Crippen LogP contribution in [0, 0.1) is 17.6 Å². The summed E-state index contributed by atoms with van der Waals surface area (Å²) in [6.45, 7) is 0.947. The summed E-state index contributed by atoms with van der Waals surface area (Å²) in [4.78, 5) is 12.1. The number of nitrogens with zero attached hydrogens (tertiary/aromatic N) is 1. The second kappa shape index (κ2) is 5.74. The highest BCUT2D eigenvalue weighted by Crippen LogP contribution is 2.27. The maximum Gasteiger partial charge on any atom is 0.407 e. The summed E-state index contributed by atoms with van der Waals surface area (Å²) < 4.78 is 26.1. The van der Waals surface area contributed by atoms with Gasteiger partial charge < -0.3 is 10.0 Å². The molecule has 1 fully saturated rings. The molecular weight excluding hydrogens is 276 g/mol. The molecule has 0 bridgehead atoms. The van der Waals surface area contributed by atoms with Crippen molar-refractivity contribution in [3.63, 3.8) is 0 Å². The minimum atomic E-state index is -0.950. The number of halogens is 3. The predicted octanol–water partition coefficient (Wildman–Crippen LogP) is 3.55. The standard InChI is InChI=1S/C13H14ClF2NO2/c14-10-7-12(16)11(15)6-9(10)5-8-1-3-17(4-2-8)13(18)19/h6-8H,1-5H2,(H,18,19). The molecule has 0 radical (unpaired) electrons. The quantitative estimate of drug-likeness (QED) is 0.846. The van der Waals surface area contributed by atoms with Gasteiger partial charge in [0.2, 0.25) is 0 Å². The van der Waals surface area contributed by atoms with Crippen LogP contribution in [0.2, 0.25) is 5.02 Å². The fraction of sp³-hybridized carbons (Fsp3) is 0.462. The first kappa shape index (κ1) is 14.1. The lowest BCUT2D eigenvalue weighted by Crippen LogP contribution is -2.37. The van der Waals surface area contributed by atoms with E-state index < -0.39 is 17.7 Å². The van der Waals surface area contributed by atoms with Crippen LogP contribution >= 0.6 is 11.6 Å². The van der Waals surface area contributed by atoms with E-state index in [1.54, 1.807) is 0 Å². The minimum absolute atomic E-state index is 0.222. The van der Waals surface area contributed by atoms with Crippen LogP contribution in [0.3, 0.4) is 0 Å². The average Bonchev–Trinajstić information content (AvgIpc) is 2.36. The van der Waals surface area contributed by atoms with Gasteiger partial charge in [-0.25, -0.2) is 13.6 Å². The van der Waals surface area contributed by atoms with Crippen molar-refractivity contribution in [1.82, 2.24) is 4.90 Å². The number of rotatable bonds is 2. The first-order valence-electron chi connectivity index (χ1n) is 6.08. The van der Waals surface area contributed by atoms with Gasteiger partial charge in [-0.1, -0.05) is 11.6 Å². The van der Waals surface area contributed by atoms with Crippen molar-refractivity contribution in [2.45, 2.75) is 19.3 Å². The van der Waals surface area contributed by atoms with Crippen LogP contribution in [0.1, 0.15) is 18.4 Å². The third-order valence-electron chi connectivity index (χ3n) is 3.48. The molecule has 0 unspecified atom stereocenters. The number of benzene rings is 1. The molecule has 1 aromatic rings. The number of carboxylic acid groups (broad SMARTS) is 1. The van der Waals surface area contributed by atoms with E-state index in [-0.39, 0.29) is 10.9 Å². The molecule has 1 aromatic carbocycles. The van der Waals surface area contributed by atoms with Crippen molar-refractivity contribution in [3.8, 4) is 0 Å². The van der Waals surface area contributed by atoms with E-state index in [1.165, 1.54) is 4.90 Å². The topological polar surface area (TPSA) is 40.5 Å². The Kier molecular flexibility index (Phi) is 4.24. The zero-order valence-corrected chi connectivity index (χ0v) is 11.0. The molecule has 0 spiro atoms. The number of hydrogen-bond acceptors (Lipinski definition) is 1. The van der Waals surface area contributed by atoms with Crippen molar-refractivity contribution in [2.24, 2.45) is 5.92 Å². The molecule has 3 nitrogen and oxygen atoms in total. The average molecular weight is 290 g/mol. The SMILES string of the molecule is O=C(O)N1CCC(Cc2cc(F)c(F)cc2Cl)CC1. The molecule has 6 heteroatoms. The monoisotopic (exact) mass is 289 g/mol. The predicted molar refractivity (Wildman–Crippen MR) is 67.4 cm³/mol. The first-order valence-corrected chi connectivity index (χ1v) is 6.46. The van der Waals surface area contributed by atoms with Gasteiger partial charge >= 0.3 is 6.09 Å². The van der Waals surface area contributed by atoms with E-state index in [9.17, 15) is 13.6 Å². The highest BCUT2D eigenvalue weighted by atomic mass is 35.5. The zero-order chi connectivity index (χ0) is 14.0. The Morgan fingerprint density at radius 1 is 1.32 bits per heavy atom. The summed E-state index contributed by atoms with van der Waals surface area (Å²) in [5.74, 6) is -1.60. The number of piperidine rings is 1. The lowest BCUT2D eigenvalue weighted by Gasteiger charge is -2.30. The molecule has 0 aromatic heterocycles. The molecule has 1 heterocycles. The third kappa shape index (κ3) is 3.35. The Morgan fingerprint density at radius 3 is 2.47 bits per heavy atom. The number of likely N-dealkylation sites (tertiary alicyclic amines) is 1. The fourth-order valence-electron chi connectivity index (χ4n) is 2.36. The van der Waals surface area contributed by atoms with Crippen molar-refractivity contribution in [1.29, 1.82) is 0 Å². The van der Waals surface area contributed by atoms with Gasteiger partial charge in [0, 0.05) is 18.1 Å². The van der Waals surface area contributed by atoms with Crippen LogP contribution in [0.15, 0.2) is 12.1 Å². The van der Waals surface area contributed by atoms with Gasteiger partial charge in [-0.05, 0) is 42.9 Å². The van der Waals surface area contributed by atoms with E-state index in [2.05, 4.69) is 0 Å². The Hall–Kier alpha value is -1.36. The normalized spacial score (nSPS) is 16.7. The summed E-state index contributed by atoms with van der Waals surface area (Å²) >= 11 is 5.89. The van der Waals surface area contributed by atoms with Crippen LogP contribution in [0.25, 0.3) is 0 Å². The molecule has 1 N–H and O–H groups in total. The zero-order valence-electron chi connectivity index (χ0n) is 10.2. The molecule has 0 saturated carbocycles. The molecule has 1 saturated heterocycles. The van der Waals surface area contributed by atoms with Crippen molar-refractivity contribution in [3.05, 3.63) is 34.4 Å². The van der Waals surface area contributed by atoms with E-state index in [0.29, 0.717) is 37.9 Å². The van der Waals surface area contributed by atoms with Gasteiger partial charge in [0.05, 0.1) is 0 Å². The first-order chi connectivity index (χ1) is 8.97. The Balaban J connectivity index is 1.99. The Labute approximate surface area is 114 Å². The van der Waals surface area contributed by atoms with Gasteiger partial charge in [-0.15, -0.1) is 0 Å². The van der Waals surface area contributed by atoms with Gasteiger partial charge in [0.25, 0.3) is 0 Å². The summed E-state index contributed by atoms with van der Waals surface area (Å²) in [5.41, 5.74) is 0.578. The smallest absolute Gasteiger partial charge is 0.407 e. The highest BCUT2D eigenvalue weighted by Gasteiger charge is 2.23. The maximum atomic E-state index is 13.2. The lowest BCUT2D eigenvalue weighted by atomic mass is 9.90. The van der Waals surface area contributed by atoms with Crippen LogP contribution in [-0.4, -0.2) is 29.2 Å². The van der Waals surface area contributed by atoms with E-state index in [4.69, 9.17) is 16.7 Å². The van der Waals surface area contributed by atoms with E-state index >= 15 is 0 Å². The molecule has 1 amide bonds. The van der Waals surface area contributed by atoms with Crippen molar-refractivity contribution < 1.29 is 18.7 Å². The van der Waals surface area contributed by atoms with Crippen LogP contribution in [0.5, 0.6) is 0 Å². The maximum absolute atomic E-state index is 13.2. The molecule has 1 aliphatic heterocycles. The summed E-state index contributed by atoms with van der Waals surface area (Å²) in [5, 5.41) is 9.06. The molecule has 2 rings (SSSR count). The highest BCUT2D eigenvalue weighted by molar-refractivity contribution is 6.31. The largest absolute Gasteiger partial charge is 0.465 e. The van der Waals surface area contributed by atoms with Crippen LogP contribution < -0.4 is 0 Å². The van der Waals surface area contributed by atoms with Crippen molar-refractivity contribution >= 4 is 17.7 Å². The third-order valence-corrected chi connectivity index (χ3v) is 3.83. The summed E-state index contributed by atoms with van der Waals surface area (Å²) in [7, 11) is 0. The molecule has 0 aliphatic carbocycles. The van der Waals surface area contributed by atoms with Gasteiger partial charge in [0.1, 0.15) is 0 Å². The van der Waals surface area contributed by atoms with Gasteiger partial charge in [0.15, 0.2) is 11.6 Å². The van der Waals surface area contributed by atoms with Gasteiger partial charge in [-0.3, -0.25) is 0 Å². The Morgan fingerprint density at radius 2 is 1.89 bits per heavy atom. The van der Waals surface area contributed by atoms with Gasteiger partial charge in [-0.2, -0.15) is 0 Å². The number of amides is 1. The molecular formula is C13H14ClF2NO2. The second-order valence-corrected chi connectivity index (χ2v) is 5.18. The molecule has 1 aliphatic rings. The van der Waals surface area contributed by atoms with E-state index in [0.717, 1.165) is 12.1 Å². The molecule has 0 atom stereocenters. The summed E-state index contributed by atoms with van der Waals surface area (Å²) in [6, 6.07) is 2.11. The second-order valence-electron chi connectivity index (χ2n) is 4.77. The summed E-state index contributed by atoms with van der Waals surface area (Å²) in [6.07, 6.45) is 1.05. The number of carbonyl (C=O) groups is 1.